The molecular weight excluding hydrogens is 387 g/mol. The largest absolute Gasteiger partial charge is 0.378 e. The molecule has 0 saturated carbocycles. The molecule has 7 heteroatoms. The van der Waals surface area contributed by atoms with Crippen molar-refractivity contribution in [2.45, 2.75) is 6.92 Å². The van der Waals surface area contributed by atoms with E-state index in [1.54, 1.807) is 19.1 Å². The van der Waals surface area contributed by atoms with Crippen molar-refractivity contribution in [2.24, 2.45) is 0 Å². The van der Waals surface area contributed by atoms with Gasteiger partial charge in [-0.25, -0.2) is 4.39 Å². The number of benzene rings is 2. The summed E-state index contributed by atoms with van der Waals surface area (Å²) in [4.78, 5) is 15.6. The molecule has 0 bridgehead atoms. The predicted molar refractivity (Wildman–Crippen MR) is 109 cm³/mol. The van der Waals surface area contributed by atoms with Crippen molar-refractivity contribution in [2.75, 3.05) is 36.5 Å². The Kier molecular flexibility index (Phi) is 5.04. The number of para-hydroxylation sites is 1. The maximum Gasteiger partial charge on any atom is 0.266 e. The number of carbonyl (C=O) groups excluding carboxylic acids is 1. The normalized spacial score (nSPS) is 14.6. The van der Waals surface area contributed by atoms with Gasteiger partial charge in [-0.2, -0.15) is 0 Å². The van der Waals surface area contributed by atoms with Crippen LogP contribution >= 0.6 is 22.9 Å². The molecular formula is C20H18ClFN2O2S. The van der Waals surface area contributed by atoms with Crippen LogP contribution in [-0.2, 0) is 4.74 Å². The van der Waals surface area contributed by atoms with Gasteiger partial charge < -0.3 is 15.0 Å². The maximum absolute atomic E-state index is 14.1. The minimum absolute atomic E-state index is 0.259. The SMILES string of the molecule is Cc1c(C(=O)Nc2cccc(Cl)c2N2CCOCC2)sc2cccc(F)c12. The average Bonchev–Trinajstić information content (AvgIpc) is 3.01. The van der Waals surface area contributed by atoms with E-state index < -0.39 is 0 Å². The number of thiophene rings is 1. The molecule has 2 aromatic carbocycles. The Balaban J connectivity index is 1.69. The Labute approximate surface area is 165 Å². The number of nitrogens with one attached hydrogen (secondary N) is 1. The summed E-state index contributed by atoms with van der Waals surface area (Å²) in [6, 6.07) is 10.3. The van der Waals surface area contributed by atoms with E-state index in [1.165, 1.54) is 17.4 Å². The smallest absolute Gasteiger partial charge is 0.266 e. The van der Waals surface area contributed by atoms with E-state index in [-0.39, 0.29) is 11.7 Å². The van der Waals surface area contributed by atoms with Crippen molar-refractivity contribution in [1.29, 1.82) is 0 Å². The lowest BCUT2D eigenvalue weighted by atomic mass is 10.1. The average molecular weight is 405 g/mol. The molecule has 0 atom stereocenters. The number of hydrogen-bond acceptors (Lipinski definition) is 4. The van der Waals surface area contributed by atoms with Crippen LogP contribution in [0, 0.1) is 12.7 Å². The Hall–Kier alpha value is -2.15. The minimum atomic E-state index is -0.308. The molecule has 3 aromatic rings. The molecule has 0 spiro atoms. The molecule has 4 rings (SSSR count). The number of halogens is 2. The number of hydrogen-bond donors (Lipinski definition) is 1. The summed E-state index contributed by atoms with van der Waals surface area (Å²) in [6.45, 7) is 4.43. The van der Waals surface area contributed by atoms with Crippen LogP contribution in [-0.4, -0.2) is 32.2 Å². The molecule has 1 fully saturated rings. The lowest BCUT2D eigenvalue weighted by Gasteiger charge is -2.31. The quantitative estimate of drug-likeness (QED) is 0.661. The lowest BCUT2D eigenvalue weighted by Crippen LogP contribution is -2.37. The first-order valence-electron chi connectivity index (χ1n) is 8.66. The first kappa shape index (κ1) is 18.2. The topological polar surface area (TPSA) is 41.6 Å². The van der Waals surface area contributed by atoms with Crippen molar-refractivity contribution in [3.63, 3.8) is 0 Å². The summed E-state index contributed by atoms with van der Waals surface area (Å²) in [5.74, 6) is -0.568. The molecule has 0 unspecified atom stereocenters. The number of fused-ring (bicyclic) bond motifs is 1. The van der Waals surface area contributed by atoms with Gasteiger partial charge in [0.05, 0.1) is 34.5 Å². The van der Waals surface area contributed by atoms with Crippen LogP contribution in [0.15, 0.2) is 36.4 Å². The second kappa shape index (κ2) is 7.46. The van der Waals surface area contributed by atoms with Gasteiger partial charge in [-0.15, -0.1) is 11.3 Å². The standard InChI is InChI=1S/C20H18ClFN2O2S/c1-12-17-14(22)5-3-7-16(17)27-19(12)20(25)23-15-6-2-4-13(21)18(15)24-8-10-26-11-9-24/h2-7H,8-11H2,1H3,(H,23,25). The zero-order chi connectivity index (χ0) is 19.0. The second-order valence-electron chi connectivity index (χ2n) is 6.36. The highest BCUT2D eigenvalue weighted by molar-refractivity contribution is 7.21. The van der Waals surface area contributed by atoms with E-state index in [2.05, 4.69) is 10.2 Å². The zero-order valence-corrected chi connectivity index (χ0v) is 16.3. The molecule has 0 aliphatic carbocycles. The van der Waals surface area contributed by atoms with Gasteiger partial charge in [-0.05, 0) is 36.8 Å². The van der Waals surface area contributed by atoms with Gasteiger partial charge in [-0.1, -0.05) is 23.7 Å². The van der Waals surface area contributed by atoms with E-state index in [9.17, 15) is 9.18 Å². The third-order valence-electron chi connectivity index (χ3n) is 4.67. The van der Waals surface area contributed by atoms with Gasteiger partial charge >= 0.3 is 0 Å². The number of anilines is 2. The Morgan fingerprint density at radius 1 is 1.22 bits per heavy atom. The number of ether oxygens (including phenoxy) is 1. The summed E-state index contributed by atoms with van der Waals surface area (Å²) >= 11 is 7.72. The number of nitrogens with zero attached hydrogens (tertiary/aromatic N) is 1. The first-order valence-corrected chi connectivity index (χ1v) is 9.86. The van der Waals surface area contributed by atoms with E-state index >= 15 is 0 Å². The van der Waals surface area contributed by atoms with Crippen molar-refractivity contribution in [3.8, 4) is 0 Å². The fourth-order valence-corrected chi connectivity index (χ4v) is 4.79. The molecule has 1 aliphatic rings. The highest BCUT2D eigenvalue weighted by atomic mass is 35.5. The van der Waals surface area contributed by atoms with Crippen LogP contribution in [0.4, 0.5) is 15.8 Å². The first-order chi connectivity index (χ1) is 13.1. The number of morpholine rings is 1. The Morgan fingerprint density at radius 3 is 2.70 bits per heavy atom. The number of carbonyl (C=O) groups is 1. The predicted octanol–water partition coefficient (Wildman–Crippen LogP) is 5.09. The Bertz CT molecular complexity index is 1010. The van der Waals surface area contributed by atoms with Crippen molar-refractivity contribution in [3.05, 3.63) is 57.7 Å². The van der Waals surface area contributed by atoms with E-state index in [0.717, 1.165) is 10.4 Å². The van der Waals surface area contributed by atoms with Crippen molar-refractivity contribution in [1.82, 2.24) is 0 Å². The van der Waals surface area contributed by atoms with Gasteiger partial charge in [0.15, 0.2) is 0 Å². The van der Waals surface area contributed by atoms with E-state index in [4.69, 9.17) is 16.3 Å². The van der Waals surface area contributed by atoms with Crippen molar-refractivity contribution < 1.29 is 13.9 Å². The van der Waals surface area contributed by atoms with Crippen LogP contribution in [0.3, 0.4) is 0 Å². The minimum Gasteiger partial charge on any atom is -0.378 e. The summed E-state index contributed by atoms with van der Waals surface area (Å²) in [6.07, 6.45) is 0. The fraction of sp³-hybridized carbons (Fsp3) is 0.250. The van der Waals surface area contributed by atoms with Gasteiger partial charge in [-0.3, -0.25) is 4.79 Å². The van der Waals surface area contributed by atoms with E-state index in [0.29, 0.717) is 52.8 Å². The van der Waals surface area contributed by atoms with Gasteiger partial charge in [0.25, 0.3) is 5.91 Å². The van der Waals surface area contributed by atoms with Crippen LogP contribution in [0.25, 0.3) is 10.1 Å². The van der Waals surface area contributed by atoms with E-state index in [1.807, 2.05) is 18.2 Å². The van der Waals surface area contributed by atoms with Crippen LogP contribution in [0.1, 0.15) is 15.2 Å². The molecule has 1 amide bonds. The number of aryl methyl sites for hydroxylation is 1. The van der Waals surface area contributed by atoms with Crippen LogP contribution < -0.4 is 10.2 Å². The summed E-state index contributed by atoms with van der Waals surface area (Å²) in [5.41, 5.74) is 2.09. The monoisotopic (exact) mass is 404 g/mol. The van der Waals surface area contributed by atoms with Gasteiger partial charge in [0.1, 0.15) is 5.82 Å². The lowest BCUT2D eigenvalue weighted by molar-refractivity contribution is 0.103. The van der Waals surface area contributed by atoms with Crippen LogP contribution in [0.2, 0.25) is 5.02 Å². The highest BCUT2D eigenvalue weighted by Gasteiger charge is 2.22. The molecule has 1 saturated heterocycles. The second-order valence-corrected chi connectivity index (χ2v) is 7.82. The maximum atomic E-state index is 14.1. The van der Waals surface area contributed by atoms with Crippen molar-refractivity contribution >= 4 is 50.3 Å². The molecule has 0 radical (unpaired) electrons. The third kappa shape index (κ3) is 3.40. The van der Waals surface area contributed by atoms with Gasteiger partial charge in [0.2, 0.25) is 0 Å². The third-order valence-corrected chi connectivity index (χ3v) is 6.23. The number of rotatable bonds is 3. The summed E-state index contributed by atoms with van der Waals surface area (Å²) in [5, 5.41) is 4.05. The molecule has 1 aliphatic heterocycles. The van der Waals surface area contributed by atoms with Gasteiger partial charge in [0, 0.05) is 23.2 Å². The van der Waals surface area contributed by atoms with Crippen LogP contribution in [0.5, 0.6) is 0 Å². The fourth-order valence-electron chi connectivity index (χ4n) is 3.37. The summed E-state index contributed by atoms with van der Waals surface area (Å²) < 4.78 is 20.3. The molecule has 1 N–H and O–H groups in total. The molecule has 1 aromatic heterocycles. The zero-order valence-electron chi connectivity index (χ0n) is 14.7. The molecule has 27 heavy (non-hydrogen) atoms. The molecule has 4 nitrogen and oxygen atoms in total. The molecule has 2 heterocycles. The Morgan fingerprint density at radius 2 is 1.96 bits per heavy atom. The molecule has 140 valence electrons. The highest BCUT2D eigenvalue weighted by Crippen LogP contribution is 2.37. The number of amides is 1. The summed E-state index contributed by atoms with van der Waals surface area (Å²) in [7, 11) is 0.